The Morgan fingerprint density at radius 3 is 2.57 bits per heavy atom. The van der Waals surface area contributed by atoms with E-state index in [2.05, 4.69) is 17.1 Å². The third-order valence-corrected chi connectivity index (χ3v) is 6.24. The second-order valence-electron chi connectivity index (χ2n) is 7.44. The number of nitrogens with zero attached hydrogens (tertiary/aromatic N) is 4. The van der Waals surface area contributed by atoms with Crippen LogP contribution in [0.15, 0.2) is 58.5 Å². The van der Waals surface area contributed by atoms with E-state index in [-0.39, 0.29) is 16.6 Å². The maximum Gasteiger partial charge on any atom is 0.262 e. The summed E-state index contributed by atoms with van der Waals surface area (Å²) >= 11 is 1.36. The minimum Gasteiger partial charge on any atom is -0.293 e. The predicted molar refractivity (Wildman–Crippen MR) is 120 cm³/mol. The minimum atomic E-state index is -0.338. The molecule has 0 aliphatic heterocycles. The molecule has 0 aliphatic rings. The van der Waals surface area contributed by atoms with Crippen LogP contribution in [0, 0.1) is 6.92 Å². The van der Waals surface area contributed by atoms with E-state index in [4.69, 9.17) is 0 Å². The van der Waals surface area contributed by atoms with Crippen LogP contribution >= 0.6 is 11.8 Å². The highest BCUT2D eigenvalue weighted by Crippen LogP contribution is 2.27. The number of para-hydroxylation sites is 1. The van der Waals surface area contributed by atoms with Crippen LogP contribution in [0.25, 0.3) is 16.7 Å². The van der Waals surface area contributed by atoms with Crippen molar-refractivity contribution in [3.8, 4) is 0 Å². The molecule has 0 unspecified atom stereocenters. The molecule has 154 valence electrons. The summed E-state index contributed by atoms with van der Waals surface area (Å²) in [5.74, 6) is 0.560. The van der Waals surface area contributed by atoms with Gasteiger partial charge in [0.2, 0.25) is 5.78 Å². The Kier molecular flexibility index (Phi) is 5.72. The zero-order chi connectivity index (χ0) is 21.3. The Bertz CT molecular complexity index is 1270. The van der Waals surface area contributed by atoms with Crippen LogP contribution in [-0.4, -0.2) is 30.2 Å². The van der Waals surface area contributed by atoms with Gasteiger partial charge in [-0.3, -0.25) is 18.6 Å². The second kappa shape index (κ2) is 8.44. The fraction of sp³-hybridized carbons (Fsp3) is 0.304. The Morgan fingerprint density at radius 1 is 1.10 bits per heavy atom. The molecule has 2 heterocycles. The maximum atomic E-state index is 13.0. The summed E-state index contributed by atoms with van der Waals surface area (Å²) in [5, 5.41) is 9.57. The van der Waals surface area contributed by atoms with Crippen molar-refractivity contribution < 1.29 is 4.79 Å². The third kappa shape index (κ3) is 3.65. The molecule has 6 nitrogen and oxygen atoms in total. The zero-order valence-corrected chi connectivity index (χ0v) is 18.1. The molecule has 4 aromatic rings. The number of unbranched alkanes of at least 4 members (excludes halogenated alkanes) is 1. The van der Waals surface area contributed by atoms with Crippen molar-refractivity contribution in [3.05, 3.63) is 70.0 Å². The van der Waals surface area contributed by atoms with Gasteiger partial charge in [0.05, 0.1) is 16.2 Å². The lowest BCUT2D eigenvalue weighted by Gasteiger charge is -2.12. The number of Topliss-reactive ketones (excluding diaryl/α,β-unsaturated/α-hetero) is 1. The smallest absolute Gasteiger partial charge is 0.262 e. The number of aryl methyl sites for hydroxylation is 2. The molecular formula is C23H24N4O2S. The van der Waals surface area contributed by atoms with Gasteiger partial charge in [-0.05, 0) is 32.4 Å². The molecule has 30 heavy (non-hydrogen) atoms. The normalized spacial score (nSPS) is 12.5. The molecule has 1 atom stereocenters. The number of aromatic nitrogens is 4. The summed E-state index contributed by atoms with van der Waals surface area (Å²) in [6.45, 7) is 6.55. The van der Waals surface area contributed by atoms with E-state index in [1.807, 2.05) is 66.8 Å². The predicted octanol–water partition coefficient (Wildman–Crippen LogP) is 4.52. The highest BCUT2D eigenvalue weighted by Gasteiger charge is 2.22. The van der Waals surface area contributed by atoms with Gasteiger partial charge in [0, 0.05) is 12.1 Å². The zero-order valence-electron chi connectivity index (χ0n) is 17.3. The van der Waals surface area contributed by atoms with E-state index in [1.54, 1.807) is 4.57 Å². The Hall–Kier alpha value is -2.93. The summed E-state index contributed by atoms with van der Waals surface area (Å²) in [6, 6.07) is 15.1. The number of fused-ring (bicyclic) bond motifs is 3. The lowest BCUT2D eigenvalue weighted by molar-refractivity contribution is 0.0994. The van der Waals surface area contributed by atoms with Crippen LogP contribution in [0.1, 0.15) is 42.6 Å². The summed E-state index contributed by atoms with van der Waals surface area (Å²) < 4.78 is 3.59. The minimum absolute atomic E-state index is 0.0420. The van der Waals surface area contributed by atoms with Gasteiger partial charge in [0.1, 0.15) is 0 Å². The SMILES string of the molecule is CCCCn1c(=O)c2ccccc2n2c(S[C@@H](C)C(=O)c3ccc(C)cc3)nnc12. The van der Waals surface area contributed by atoms with Crippen LogP contribution in [0.4, 0.5) is 0 Å². The number of carbonyl (C=O) groups is 1. The van der Waals surface area contributed by atoms with Crippen molar-refractivity contribution in [2.24, 2.45) is 0 Å². The quantitative estimate of drug-likeness (QED) is 0.325. The van der Waals surface area contributed by atoms with Crippen molar-refractivity contribution in [2.75, 3.05) is 0 Å². The number of rotatable bonds is 7. The van der Waals surface area contributed by atoms with Crippen LogP contribution in [0.5, 0.6) is 0 Å². The van der Waals surface area contributed by atoms with Gasteiger partial charge in [-0.15, -0.1) is 10.2 Å². The molecule has 0 saturated carbocycles. The van der Waals surface area contributed by atoms with Gasteiger partial charge < -0.3 is 0 Å². The molecule has 0 spiro atoms. The molecule has 2 aromatic carbocycles. The van der Waals surface area contributed by atoms with Crippen molar-refractivity contribution >= 4 is 34.2 Å². The molecule has 0 saturated heterocycles. The van der Waals surface area contributed by atoms with E-state index in [9.17, 15) is 9.59 Å². The van der Waals surface area contributed by atoms with E-state index in [0.29, 0.717) is 28.4 Å². The number of benzene rings is 2. The van der Waals surface area contributed by atoms with Crippen molar-refractivity contribution in [1.29, 1.82) is 0 Å². The molecule has 0 amide bonds. The third-order valence-electron chi connectivity index (χ3n) is 5.20. The molecule has 0 N–H and O–H groups in total. The molecular weight excluding hydrogens is 396 g/mol. The van der Waals surface area contributed by atoms with Crippen LogP contribution in [0.3, 0.4) is 0 Å². The van der Waals surface area contributed by atoms with Gasteiger partial charge >= 0.3 is 0 Å². The first-order chi connectivity index (χ1) is 14.5. The van der Waals surface area contributed by atoms with Gasteiger partial charge in [-0.1, -0.05) is 67.1 Å². The van der Waals surface area contributed by atoms with Crippen LogP contribution < -0.4 is 5.56 Å². The second-order valence-corrected chi connectivity index (χ2v) is 8.74. The van der Waals surface area contributed by atoms with Gasteiger partial charge in [-0.2, -0.15) is 0 Å². The van der Waals surface area contributed by atoms with E-state index >= 15 is 0 Å². The van der Waals surface area contributed by atoms with Crippen LogP contribution in [-0.2, 0) is 6.54 Å². The molecule has 0 radical (unpaired) electrons. The number of hydrogen-bond donors (Lipinski definition) is 0. The molecule has 2 aromatic heterocycles. The average Bonchev–Trinajstić information content (AvgIpc) is 3.17. The summed E-state index contributed by atoms with van der Waals surface area (Å²) in [6.07, 6.45) is 1.86. The highest BCUT2D eigenvalue weighted by atomic mass is 32.2. The van der Waals surface area contributed by atoms with Crippen molar-refractivity contribution in [1.82, 2.24) is 19.2 Å². The Balaban J connectivity index is 1.78. The molecule has 4 rings (SSSR count). The fourth-order valence-electron chi connectivity index (χ4n) is 3.49. The monoisotopic (exact) mass is 420 g/mol. The fourth-order valence-corrected chi connectivity index (χ4v) is 4.42. The molecule has 7 heteroatoms. The molecule has 0 bridgehead atoms. The summed E-state index contributed by atoms with van der Waals surface area (Å²) in [5.41, 5.74) is 2.50. The highest BCUT2D eigenvalue weighted by molar-refractivity contribution is 8.00. The summed E-state index contributed by atoms with van der Waals surface area (Å²) in [7, 11) is 0. The lowest BCUT2D eigenvalue weighted by Crippen LogP contribution is -2.23. The standard InChI is InChI=1S/C23H24N4O2S/c1-4-5-14-26-21(29)18-8-6-7-9-19(18)27-22(26)24-25-23(27)30-16(3)20(28)17-12-10-15(2)11-13-17/h6-13,16H,4-5,14H2,1-3H3/t16-/m0/s1. The van der Waals surface area contributed by atoms with E-state index < -0.39 is 0 Å². The number of hydrogen-bond acceptors (Lipinski definition) is 5. The van der Waals surface area contributed by atoms with Gasteiger partial charge in [0.15, 0.2) is 10.9 Å². The molecule has 0 fully saturated rings. The maximum absolute atomic E-state index is 13.0. The first kappa shape index (κ1) is 20.3. The Morgan fingerprint density at radius 2 is 1.83 bits per heavy atom. The summed E-state index contributed by atoms with van der Waals surface area (Å²) in [4.78, 5) is 25.9. The first-order valence-corrected chi connectivity index (χ1v) is 11.0. The largest absolute Gasteiger partial charge is 0.293 e. The van der Waals surface area contributed by atoms with E-state index in [0.717, 1.165) is 23.9 Å². The van der Waals surface area contributed by atoms with Gasteiger partial charge in [0.25, 0.3) is 5.56 Å². The Labute approximate surface area is 178 Å². The lowest BCUT2D eigenvalue weighted by atomic mass is 10.1. The van der Waals surface area contributed by atoms with E-state index in [1.165, 1.54) is 11.8 Å². The topological polar surface area (TPSA) is 69.3 Å². The van der Waals surface area contributed by atoms with Crippen LogP contribution in [0.2, 0.25) is 0 Å². The van der Waals surface area contributed by atoms with Crippen molar-refractivity contribution in [2.45, 2.75) is 50.6 Å². The first-order valence-electron chi connectivity index (χ1n) is 10.2. The van der Waals surface area contributed by atoms with Gasteiger partial charge in [-0.25, -0.2) is 0 Å². The van der Waals surface area contributed by atoms with Crippen molar-refractivity contribution in [3.63, 3.8) is 0 Å². The number of carbonyl (C=O) groups excluding carboxylic acids is 1. The molecule has 0 aliphatic carbocycles. The number of ketones is 1. The number of thioether (sulfide) groups is 1. The average molecular weight is 421 g/mol.